The Morgan fingerprint density at radius 2 is 0.602 bits per heavy atom. The van der Waals surface area contributed by atoms with Gasteiger partial charge in [0, 0.05) is 51.6 Å². The first-order valence-corrected chi connectivity index (χ1v) is 39.4. The summed E-state index contributed by atoms with van der Waals surface area (Å²) in [5.74, 6) is 1.15. The molecule has 0 saturated carbocycles. The Bertz CT molecular complexity index is 3620. The Labute approximate surface area is 589 Å². The van der Waals surface area contributed by atoms with Crippen LogP contribution in [0, 0.1) is 7.14 Å². The molecule has 0 amide bonds. The van der Waals surface area contributed by atoms with E-state index in [1.807, 2.05) is 0 Å². The highest BCUT2D eigenvalue weighted by Crippen LogP contribution is 2.61. The van der Waals surface area contributed by atoms with Crippen molar-refractivity contribution in [1.29, 1.82) is 0 Å². The van der Waals surface area contributed by atoms with E-state index in [0.717, 1.165) is 24.0 Å². The van der Waals surface area contributed by atoms with Gasteiger partial charge in [-0.25, -0.2) is 0 Å². The molecule has 0 N–H and O–H groups in total. The van der Waals surface area contributed by atoms with Gasteiger partial charge >= 0.3 is 0 Å². The Kier molecular flexibility index (Phi) is 23.4. The average molecular weight is 1470 g/mol. The van der Waals surface area contributed by atoms with E-state index in [2.05, 4.69) is 246 Å². The van der Waals surface area contributed by atoms with Crippen LogP contribution in [0.15, 0.2) is 138 Å². The quantitative estimate of drug-likeness (QED) is 0.0293. The van der Waals surface area contributed by atoms with Crippen molar-refractivity contribution in [2.24, 2.45) is 0 Å². The summed E-state index contributed by atoms with van der Waals surface area (Å²) < 4.78 is 9.40. The predicted octanol–water partition coefficient (Wildman–Crippen LogP) is 28.0. The van der Waals surface area contributed by atoms with Crippen molar-refractivity contribution in [1.82, 2.24) is 10.2 Å². The summed E-state index contributed by atoms with van der Waals surface area (Å²) in [5, 5.41) is 9.52. The average Bonchev–Trinajstić information content (AvgIpc) is 1.59. The summed E-state index contributed by atoms with van der Waals surface area (Å²) in [6.07, 6.45) is 36.9. The zero-order chi connectivity index (χ0) is 65.2. The maximum absolute atomic E-state index is 6.71. The number of aromatic nitrogens is 2. The molecule has 1 heterocycles. The fourth-order valence-corrected chi connectivity index (χ4v) is 18.1. The third-order valence-corrected chi connectivity index (χ3v) is 23.5. The van der Waals surface area contributed by atoms with Gasteiger partial charge in [0.05, 0.1) is 0 Å². The molecule has 0 aliphatic heterocycles. The van der Waals surface area contributed by atoms with E-state index in [4.69, 9.17) is 14.6 Å². The lowest BCUT2D eigenvalue weighted by molar-refractivity contribution is 0.400. The van der Waals surface area contributed by atoms with Gasteiger partial charge in [-0.2, -0.15) is 0 Å². The molecule has 492 valence electrons. The number of unbranched alkanes of at least 4 members (excludes halogenated alkanes) is 18. The fraction of sp³-hybridized carbons (Fsp3) is 0.494. The van der Waals surface area contributed by atoms with Crippen molar-refractivity contribution in [2.45, 2.75) is 277 Å². The Morgan fingerprint density at radius 1 is 0.323 bits per heavy atom. The highest BCUT2D eigenvalue weighted by Gasteiger charge is 2.47. The molecule has 8 aromatic rings. The van der Waals surface area contributed by atoms with Crippen molar-refractivity contribution in [3.05, 3.63) is 180 Å². The zero-order valence-corrected chi connectivity index (χ0v) is 62.7. The van der Waals surface area contributed by atoms with Crippen molar-refractivity contribution in [2.75, 3.05) is 4.90 Å². The van der Waals surface area contributed by atoms with Gasteiger partial charge in [-0.3, -0.25) is 0 Å². The molecule has 93 heavy (non-hydrogen) atoms. The molecule has 6 heteroatoms. The summed E-state index contributed by atoms with van der Waals surface area (Å²) in [7, 11) is 0. The van der Waals surface area contributed by atoms with Gasteiger partial charge in [0.1, 0.15) is 0 Å². The number of benzene rings is 7. The summed E-state index contributed by atoms with van der Waals surface area (Å²) in [4.78, 5) is 2.75. The Balaban J connectivity index is 1.12. The smallest absolute Gasteiger partial charge is 0.248 e. The van der Waals surface area contributed by atoms with Gasteiger partial charge in [-0.1, -0.05) is 265 Å². The second-order valence-electron chi connectivity index (χ2n) is 29.5. The summed E-state index contributed by atoms with van der Waals surface area (Å²) in [5.41, 5.74) is 24.5. The molecular weight excluding hydrogens is 1360 g/mol. The number of halogens is 2. The van der Waals surface area contributed by atoms with E-state index in [9.17, 15) is 0 Å². The van der Waals surface area contributed by atoms with Gasteiger partial charge in [0.15, 0.2) is 0 Å². The first-order chi connectivity index (χ1) is 45.3. The number of nitrogens with zero attached hydrogens (tertiary/aromatic N) is 3. The SMILES string of the molecule is CCCCCCC1(CCCCCC)c2cc(I)ccc2-c2ccc(N(c3ccc4c(c3)C(CCCCCC)(CCCCCC)c3cc(I)ccc3-4)c3ccc4c(c3)C(CCCCCC)(CCCCCC)c3cc(-c5nnc(-c6ccc(C(C)(C)C)cc6)o5)ccc3-4)cc21. The maximum Gasteiger partial charge on any atom is 0.248 e. The van der Waals surface area contributed by atoms with E-state index in [-0.39, 0.29) is 21.7 Å². The van der Waals surface area contributed by atoms with Crippen molar-refractivity contribution in [3.63, 3.8) is 0 Å². The Hall–Kier alpha value is -5.06. The second kappa shape index (κ2) is 31.4. The zero-order valence-electron chi connectivity index (χ0n) is 58.4. The molecular formula is C87H109I2N3O. The maximum atomic E-state index is 6.71. The van der Waals surface area contributed by atoms with E-state index < -0.39 is 0 Å². The highest BCUT2D eigenvalue weighted by molar-refractivity contribution is 14.1. The lowest BCUT2D eigenvalue weighted by Gasteiger charge is -2.36. The van der Waals surface area contributed by atoms with Gasteiger partial charge < -0.3 is 9.32 Å². The standard InChI is InChI=1S/C87H109I2N3O/c1-10-16-22-28-50-85(51-29-23-17-11-2)76-56-63(83-91-90-82(93-83)62-34-37-64(38-35-62)84(7,8)9)36-44-70(76)73-47-41-67(59-79(73)85)92(68-42-48-74-71-45-39-65(88)57-77(71)86(80(74)60-68,52-30-24-18-12-3)53-31-25-19-13-4)69-43-49-75-72-46-40-66(89)58-78(72)87(81(75)61-69,54-32-26-20-14-5)55-33-27-21-15-6/h34-49,56-61H,10-33,50-55H2,1-9H3. The molecule has 0 radical (unpaired) electrons. The van der Waals surface area contributed by atoms with Crippen LogP contribution in [0.2, 0.25) is 0 Å². The lowest BCUT2D eigenvalue weighted by atomic mass is 9.70. The van der Waals surface area contributed by atoms with Crippen molar-refractivity contribution in [3.8, 4) is 56.3 Å². The summed E-state index contributed by atoms with van der Waals surface area (Å²) in [6, 6.07) is 54.0. The van der Waals surface area contributed by atoms with Gasteiger partial charge in [-0.05, 0) is 246 Å². The van der Waals surface area contributed by atoms with Crippen LogP contribution in [0.25, 0.3) is 56.3 Å². The van der Waals surface area contributed by atoms with E-state index in [1.165, 1.54) is 254 Å². The molecule has 0 spiro atoms. The molecule has 3 aliphatic rings. The third kappa shape index (κ3) is 14.5. The summed E-state index contributed by atoms with van der Waals surface area (Å²) in [6.45, 7) is 20.9. The van der Waals surface area contributed by atoms with Crippen molar-refractivity contribution < 1.29 is 4.42 Å². The molecule has 11 rings (SSSR count). The highest BCUT2D eigenvalue weighted by atomic mass is 127. The monoisotopic (exact) mass is 1470 g/mol. The van der Waals surface area contributed by atoms with Crippen LogP contribution < -0.4 is 4.90 Å². The van der Waals surface area contributed by atoms with Crippen LogP contribution in [0.1, 0.15) is 294 Å². The largest absolute Gasteiger partial charge is 0.416 e. The third-order valence-electron chi connectivity index (χ3n) is 22.1. The molecule has 0 unspecified atom stereocenters. The van der Waals surface area contributed by atoms with E-state index >= 15 is 0 Å². The van der Waals surface area contributed by atoms with Crippen molar-refractivity contribution >= 4 is 62.2 Å². The van der Waals surface area contributed by atoms with Crippen LogP contribution >= 0.6 is 45.2 Å². The molecule has 4 nitrogen and oxygen atoms in total. The van der Waals surface area contributed by atoms with Gasteiger partial charge in [-0.15, -0.1) is 10.2 Å². The number of rotatable bonds is 35. The molecule has 0 saturated heterocycles. The Morgan fingerprint density at radius 3 is 0.925 bits per heavy atom. The van der Waals surface area contributed by atoms with Crippen LogP contribution in [0.5, 0.6) is 0 Å². The van der Waals surface area contributed by atoms with E-state index in [1.54, 1.807) is 22.3 Å². The molecule has 0 bridgehead atoms. The molecule has 0 fully saturated rings. The predicted molar refractivity (Wildman–Crippen MR) is 415 cm³/mol. The van der Waals surface area contributed by atoms with Crippen LogP contribution in [-0.2, 0) is 21.7 Å². The fourth-order valence-electron chi connectivity index (χ4n) is 17.1. The minimum absolute atomic E-state index is 0.0577. The normalized spacial score (nSPS) is 14.4. The van der Waals surface area contributed by atoms with Gasteiger partial charge in [0.2, 0.25) is 11.8 Å². The minimum Gasteiger partial charge on any atom is -0.416 e. The lowest BCUT2D eigenvalue weighted by Crippen LogP contribution is -2.27. The number of hydrogen-bond acceptors (Lipinski definition) is 4. The molecule has 3 aliphatic carbocycles. The number of hydrogen-bond donors (Lipinski definition) is 0. The minimum atomic E-state index is -0.207. The molecule has 7 aromatic carbocycles. The summed E-state index contributed by atoms with van der Waals surface area (Å²) >= 11 is 5.20. The van der Waals surface area contributed by atoms with Gasteiger partial charge in [0.25, 0.3) is 0 Å². The molecule has 0 atom stereocenters. The van der Waals surface area contributed by atoms with Crippen LogP contribution in [0.4, 0.5) is 17.1 Å². The number of fused-ring (bicyclic) bond motifs is 9. The van der Waals surface area contributed by atoms with Crippen LogP contribution in [0.3, 0.4) is 0 Å². The van der Waals surface area contributed by atoms with E-state index in [0.29, 0.717) is 11.8 Å². The molecule has 1 aromatic heterocycles. The van der Waals surface area contributed by atoms with Crippen LogP contribution in [-0.4, -0.2) is 10.2 Å². The first kappa shape index (κ1) is 69.3. The first-order valence-electron chi connectivity index (χ1n) is 37.2. The topological polar surface area (TPSA) is 42.2 Å². The second-order valence-corrected chi connectivity index (χ2v) is 32.0. The number of anilines is 3.